The Balaban J connectivity index is 1.57. The van der Waals surface area contributed by atoms with Crippen LogP contribution in [0.15, 0.2) is 0 Å². The van der Waals surface area contributed by atoms with Crippen molar-refractivity contribution in [3.8, 4) is 0 Å². The van der Waals surface area contributed by atoms with Gasteiger partial charge >= 0.3 is 0 Å². The van der Waals surface area contributed by atoms with E-state index in [1.54, 1.807) is 7.11 Å². The number of hydrogen-bond donors (Lipinski definition) is 1. The molecule has 0 aromatic carbocycles. The second kappa shape index (κ2) is 6.33. The van der Waals surface area contributed by atoms with Gasteiger partial charge < -0.3 is 10.1 Å². The van der Waals surface area contributed by atoms with Crippen molar-refractivity contribution in [2.45, 2.75) is 31.7 Å². The highest BCUT2D eigenvalue weighted by Crippen LogP contribution is 2.47. The standard InChI is InChI=1S/C16H28N2O4S/c1-22-11-16(5-6-16)15(19)17-14-10-18(7-8-23(2,20)21)9-13(14)12-3-4-12/h12-14H,3-11H2,1-2H3,(H,17,19)/t13-,14+/m0/s1. The average molecular weight is 344 g/mol. The van der Waals surface area contributed by atoms with Crippen molar-refractivity contribution in [1.29, 1.82) is 0 Å². The minimum atomic E-state index is -2.94. The van der Waals surface area contributed by atoms with E-state index in [1.165, 1.54) is 19.1 Å². The van der Waals surface area contributed by atoms with Crippen LogP contribution in [0, 0.1) is 17.3 Å². The molecule has 1 N–H and O–H groups in total. The van der Waals surface area contributed by atoms with Crippen molar-refractivity contribution >= 4 is 15.7 Å². The van der Waals surface area contributed by atoms with E-state index in [2.05, 4.69) is 10.2 Å². The lowest BCUT2D eigenvalue weighted by Crippen LogP contribution is -2.45. The summed E-state index contributed by atoms with van der Waals surface area (Å²) in [6, 6.07) is 0.156. The van der Waals surface area contributed by atoms with E-state index in [0.717, 1.165) is 25.9 Å². The molecular weight excluding hydrogens is 316 g/mol. The molecule has 0 aromatic heterocycles. The van der Waals surface area contributed by atoms with Gasteiger partial charge in [-0.3, -0.25) is 9.69 Å². The first-order valence-corrected chi connectivity index (χ1v) is 10.6. The van der Waals surface area contributed by atoms with Crippen LogP contribution in [0.2, 0.25) is 0 Å². The van der Waals surface area contributed by atoms with Gasteiger partial charge in [0.1, 0.15) is 9.84 Å². The van der Waals surface area contributed by atoms with Crippen molar-refractivity contribution in [2.75, 3.05) is 45.4 Å². The predicted molar refractivity (Wildman–Crippen MR) is 87.8 cm³/mol. The summed E-state index contributed by atoms with van der Waals surface area (Å²) >= 11 is 0. The highest BCUT2D eigenvalue weighted by Gasteiger charge is 2.52. The van der Waals surface area contributed by atoms with Crippen molar-refractivity contribution < 1.29 is 17.9 Å². The highest BCUT2D eigenvalue weighted by atomic mass is 32.2. The van der Waals surface area contributed by atoms with Crippen molar-refractivity contribution in [3.63, 3.8) is 0 Å². The lowest BCUT2D eigenvalue weighted by molar-refractivity contribution is -0.129. The summed E-state index contributed by atoms with van der Waals surface area (Å²) < 4.78 is 28.0. The van der Waals surface area contributed by atoms with Crippen LogP contribution < -0.4 is 5.32 Å². The first-order valence-electron chi connectivity index (χ1n) is 8.53. The molecule has 132 valence electrons. The molecule has 1 heterocycles. The minimum absolute atomic E-state index is 0.125. The summed E-state index contributed by atoms with van der Waals surface area (Å²) in [5, 5.41) is 3.25. The predicted octanol–water partition coefficient (Wildman–Crippen LogP) is 0.284. The van der Waals surface area contributed by atoms with E-state index < -0.39 is 9.84 Å². The van der Waals surface area contributed by atoms with Gasteiger partial charge in [0.05, 0.1) is 17.8 Å². The number of carbonyl (C=O) groups excluding carboxylic acids is 1. The Morgan fingerprint density at radius 2 is 2.00 bits per heavy atom. The fourth-order valence-electron chi connectivity index (χ4n) is 3.73. The summed E-state index contributed by atoms with van der Waals surface area (Å²) in [6.07, 6.45) is 5.57. The summed E-state index contributed by atoms with van der Waals surface area (Å²) in [7, 11) is -1.30. The zero-order valence-electron chi connectivity index (χ0n) is 14.1. The number of likely N-dealkylation sites (tertiary alicyclic amines) is 1. The zero-order chi connectivity index (χ0) is 16.7. The molecule has 23 heavy (non-hydrogen) atoms. The maximum absolute atomic E-state index is 12.6. The van der Waals surface area contributed by atoms with Crippen LogP contribution in [0.5, 0.6) is 0 Å². The second-order valence-electron chi connectivity index (χ2n) is 7.68. The third-order valence-corrected chi connectivity index (χ3v) is 6.44. The fourth-order valence-corrected chi connectivity index (χ4v) is 4.32. The number of carbonyl (C=O) groups is 1. The number of amides is 1. The van der Waals surface area contributed by atoms with Gasteiger partial charge in [0.15, 0.2) is 0 Å². The summed E-state index contributed by atoms with van der Waals surface area (Å²) in [5.41, 5.74) is -0.303. The Morgan fingerprint density at radius 3 is 2.52 bits per heavy atom. The number of methoxy groups -OCH3 is 1. The third kappa shape index (κ3) is 4.25. The van der Waals surface area contributed by atoms with Crippen LogP contribution in [-0.2, 0) is 19.4 Å². The van der Waals surface area contributed by atoms with Gasteiger partial charge in [0.25, 0.3) is 0 Å². The van der Waals surface area contributed by atoms with Gasteiger partial charge in [-0.1, -0.05) is 0 Å². The minimum Gasteiger partial charge on any atom is -0.384 e. The molecule has 3 aliphatic rings. The molecule has 1 aliphatic heterocycles. The zero-order valence-corrected chi connectivity index (χ0v) is 14.9. The van der Waals surface area contributed by atoms with Gasteiger partial charge in [-0.05, 0) is 37.5 Å². The molecule has 3 rings (SSSR count). The number of ether oxygens (including phenoxy) is 1. The molecule has 0 radical (unpaired) electrons. The Hall–Kier alpha value is -0.660. The molecule has 0 bridgehead atoms. The number of rotatable bonds is 8. The van der Waals surface area contributed by atoms with Crippen molar-refractivity contribution in [2.24, 2.45) is 17.3 Å². The van der Waals surface area contributed by atoms with Crippen LogP contribution in [0.3, 0.4) is 0 Å². The van der Waals surface area contributed by atoms with Crippen LogP contribution in [0.1, 0.15) is 25.7 Å². The first kappa shape index (κ1) is 17.2. The van der Waals surface area contributed by atoms with E-state index in [4.69, 9.17) is 4.74 Å². The lowest BCUT2D eigenvalue weighted by Gasteiger charge is -2.23. The average Bonchev–Trinajstić information content (AvgIpc) is 3.37. The number of sulfone groups is 1. The lowest BCUT2D eigenvalue weighted by atomic mass is 9.97. The maximum atomic E-state index is 12.6. The molecule has 7 heteroatoms. The van der Waals surface area contributed by atoms with Gasteiger partial charge in [0.2, 0.25) is 5.91 Å². The van der Waals surface area contributed by atoms with E-state index in [0.29, 0.717) is 25.0 Å². The summed E-state index contributed by atoms with van der Waals surface area (Å²) in [5.74, 6) is 1.48. The molecule has 2 saturated carbocycles. The number of hydrogen-bond acceptors (Lipinski definition) is 5. The van der Waals surface area contributed by atoms with Crippen LogP contribution in [-0.4, -0.2) is 70.6 Å². The molecule has 0 aromatic rings. The summed E-state index contributed by atoms with van der Waals surface area (Å²) in [6.45, 7) is 2.74. The SMILES string of the molecule is COCC1(C(=O)N[C@@H]2CN(CCS(C)(=O)=O)C[C@H]2C2CC2)CC1. The van der Waals surface area contributed by atoms with Crippen LogP contribution in [0.4, 0.5) is 0 Å². The molecule has 6 nitrogen and oxygen atoms in total. The van der Waals surface area contributed by atoms with Crippen molar-refractivity contribution in [3.05, 3.63) is 0 Å². The number of nitrogens with one attached hydrogen (secondary N) is 1. The maximum Gasteiger partial charge on any atom is 0.228 e. The molecule has 1 saturated heterocycles. The third-order valence-electron chi connectivity index (χ3n) is 5.52. The van der Waals surface area contributed by atoms with Crippen LogP contribution in [0.25, 0.3) is 0 Å². The van der Waals surface area contributed by atoms with Gasteiger partial charge in [-0.25, -0.2) is 8.42 Å². The van der Waals surface area contributed by atoms with E-state index in [-0.39, 0.29) is 23.1 Å². The molecule has 1 amide bonds. The van der Waals surface area contributed by atoms with Crippen molar-refractivity contribution in [1.82, 2.24) is 10.2 Å². The Kier molecular flexibility index (Phi) is 4.73. The molecule has 3 fully saturated rings. The molecule has 0 spiro atoms. The monoisotopic (exact) mass is 344 g/mol. The normalized spacial score (nSPS) is 30.3. The van der Waals surface area contributed by atoms with Gasteiger partial charge in [-0.15, -0.1) is 0 Å². The molecule has 2 aliphatic carbocycles. The van der Waals surface area contributed by atoms with Gasteiger partial charge in [0, 0.05) is 39.0 Å². The van der Waals surface area contributed by atoms with E-state index in [9.17, 15) is 13.2 Å². The number of nitrogens with zero attached hydrogens (tertiary/aromatic N) is 1. The van der Waals surface area contributed by atoms with E-state index in [1.807, 2.05) is 0 Å². The highest BCUT2D eigenvalue weighted by molar-refractivity contribution is 7.90. The fraction of sp³-hybridized carbons (Fsp3) is 0.938. The van der Waals surface area contributed by atoms with E-state index >= 15 is 0 Å². The van der Waals surface area contributed by atoms with Crippen LogP contribution >= 0.6 is 0 Å². The quantitative estimate of drug-likeness (QED) is 0.685. The first-order chi connectivity index (χ1) is 10.8. The largest absolute Gasteiger partial charge is 0.384 e. The Bertz CT molecular complexity index is 554. The smallest absolute Gasteiger partial charge is 0.228 e. The van der Waals surface area contributed by atoms with Gasteiger partial charge in [-0.2, -0.15) is 0 Å². The Labute approximate surface area is 138 Å². The molecule has 0 unspecified atom stereocenters. The molecule has 2 atom stereocenters. The summed E-state index contributed by atoms with van der Waals surface area (Å²) in [4.78, 5) is 14.8. The Morgan fingerprint density at radius 1 is 1.30 bits per heavy atom. The molecular formula is C16H28N2O4S. The second-order valence-corrected chi connectivity index (χ2v) is 9.94. The topological polar surface area (TPSA) is 75.7 Å².